The van der Waals surface area contributed by atoms with Crippen molar-refractivity contribution in [3.63, 3.8) is 0 Å². The first-order valence-corrected chi connectivity index (χ1v) is 6.94. The van der Waals surface area contributed by atoms with Gasteiger partial charge in [-0.15, -0.1) is 0 Å². The number of hydrogen-bond donors (Lipinski definition) is 2. The molecule has 1 rings (SSSR count). The van der Waals surface area contributed by atoms with Crippen molar-refractivity contribution in [2.24, 2.45) is 0 Å². The molecule has 5 heteroatoms. The fourth-order valence-electron chi connectivity index (χ4n) is 1.72. The lowest BCUT2D eigenvalue weighted by molar-refractivity contribution is -0.109. The van der Waals surface area contributed by atoms with Crippen LogP contribution < -0.4 is 0 Å². The molecule has 0 bridgehead atoms. The van der Waals surface area contributed by atoms with E-state index in [-0.39, 0.29) is 5.12 Å². The third kappa shape index (κ3) is 4.67. The average molecular weight is 279 g/mol. The summed E-state index contributed by atoms with van der Waals surface area (Å²) in [6.45, 7) is 3.32. The maximum atomic E-state index is 10.8. The molecule has 19 heavy (non-hydrogen) atoms. The summed E-state index contributed by atoms with van der Waals surface area (Å²) >= 11 is 1.11. The van der Waals surface area contributed by atoms with E-state index >= 15 is 0 Å². The van der Waals surface area contributed by atoms with E-state index in [2.05, 4.69) is 0 Å². The predicted octanol–water partition coefficient (Wildman–Crippen LogP) is 1.93. The number of aliphatic hydroxyl groups excluding tert-OH is 2. The average Bonchev–Trinajstić information content (AvgIpc) is 2.37. The Morgan fingerprint density at radius 3 is 2.74 bits per heavy atom. The van der Waals surface area contributed by atoms with Gasteiger partial charge in [-0.25, -0.2) is 0 Å². The molecule has 1 aromatic rings. The standard InChI is InChI=1S/C14H17NO3S/c1-9-3-4-11(8-15)12(7-9)14(18)13(17)5-6-19-10(2)16/h3-4,7,13-14,17-18H,5-6H2,1-2H3. The van der Waals surface area contributed by atoms with E-state index in [4.69, 9.17) is 5.26 Å². The normalized spacial score (nSPS) is 13.6. The Labute approximate surface area is 117 Å². The molecule has 2 atom stereocenters. The van der Waals surface area contributed by atoms with Crippen molar-refractivity contribution in [1.82, 2.24) is 0 Å². The van der Waals surface area contributed by atoms with Crippen molar-refractivity contribution in [2.45, 2.75) is 32.5 Å². The first-order chi connectivity index (χ1) is 8.95. The van der Waals surface area contributed by atoms with Gasteiger partial charge in [0.15, 0.2) is 5.12 Å². The second kappa shape index (κ2) is 7.29. The molecule has 102 valence electrons. The van der Waals surface area contributed by atoms with Crippen molar-refractivity contribution in [1.29, 1.82) is 5.26 Å². The second-order valence-electron chi connectivity index (χ2n) is 4.34. The lowest BCUT2D eigenvalue weighted by atomic mass is 9.96. The lowest BCUT2D eigenvalue weighted by Gasteiger charge is -2.19. The Hall–Kier alpha value is -1.35. The van der Waals surface area contributed by atoms with Crippen LogP contribution in [0.1, 0.15) is 36.1 Å². The number of rotatable bonds is 5. The van der Waals surface area contributed by atoms with Crippen LogP contribution in [0.5, 0.6) is 0 Å². The van der Waals surface area contributed by atoms with E-state index in [1.54, 1.807) is 18.2 Å². The Balaban J connectivity index is 2.76. The molecule has 0 saturated carbocycles. The van der Waals surface area contributed by atoms with Crippen LogP contribution in [0, 0.1) is 18.3 Å². The van der Waals surface area contributed by atoms with Crippen LogP contribution in [0.15, 0.2) is 18.2 Å². The number of carbonyl (C=O) groups is 1. The molecular formula is C14H17NO3S. The number of aliphatic hydroxyl groups is 2. The number of carbonyl (C=O) groups excluding carboxylic acids is 1. The van der Waals surface area contributed by atoms with Gasteiger partial charge in [0.25, 0.3) is 0 Å². The summed E-state index contributed by atoms with van der Waals surface area (Å²) < 4.78 is 0. The minimum atomic E-state index is -1.11. The van der Waals surface area contributed by atoms with Gasteiger partial charge in [-0.3, -0.25) is 4.79 Å². The lowest BCUT2D eigenvalue weighted by Crippen LogP contribution is -2.20. The molecule has 0 radical (unpaired) electrons. The monoisotopic (exact) mass is 279 g/mol. The van der Waals surface area contributed by atoms with Gasteiger partial charge in [-0.2, -0.15) is 5.26 Å². The van der Waals surface area contributed by atoms with Crippen LogP contribution in [-0.4, -0.2) is 27.2 Å². The summed E-state index contributed by atoms with van der Waals surface area (Å²) in [5, 5.41) is 29.0. The third-order valence-corrected chi connectivity index (χ3v) is 3.58. The predicted molar refractivity (Wildman–Crippen MR) is 74.6 cm³/mol. The fraction of sp³-hybridized carbons (Fsp3) is 0.429. The molecule has 4 nitrogen and oxygen atoms in total. The summed E-state index contributed by atoms with van der Waals surface area (Å²) in [4.78, 5) is 10.8. The van der Waals surface area contributed by atoms with E-state index in [9.17, 15) is 15.0 Å². The smallest absolute Gasteiger partial charge is 0.185 e. The first kappa shape index (κ1) is 15.7. The fourth-order valence-corrected chi connectivity index (χ4v) is 2.36. The molecule has 0 aliphatic heterocycles. The molecular weight excluding hydrogens is 262 g/mol. The van der Waals surface area contributed by atoms with Crippen LogP contribution in [0.4, 0.5) is 0 Å². The number of nitrogens with zero attached hydrogens (tertiary/aromatic N) is 1. The van der Waals surface area contributed by atoms with Gasteiger partial charge in [0.05, 0.1) is 17.7 Å². The molecule has 0 heterocycles. The highest BCUT2D eigenvalue weighted by Gasteiger charge is 2.21. The molecule has 2 unspecified atom stereocenters. The van der Waals surface area contributed by atoms with Crippen molar-refractivity contribution in [3.8, 4) is 6.07 Å². The zero-order chi connectivity index (χ0) is 14.4. The van der Waals surface area contributed by atoms with Gasteiger partial charge in [-0.1, -0.05) is 29.5 Å². The van der Waals surface area contributed by atoms with Gasteiger partial charge >= 0.3 is 0 Å². The van der Waals surface area contributed by atoms with Crippen LogP contribution >= 0.6 is 11.8 Å². The Morgan fingerprint density at radius 1 is 1.47 bits per heavy atom. The van der Waals surface area contributed by atoms with E-state index in [0.29, 0.717) is 23.3 Å². The largest absolute Gasteiger partial charge is 0.390 e. The minimum absolute atomic E-state index is 0.0186. The topological polar surface area (TPSA) is 81.3 Å². The Bertz CT molecular complexity index is 496. The molecule has 2 N–H and O–H groups in total. The summed E-state index contributed by atoms with van der Waals surface area (Å²) in [6, 6.07) is 7.12. The second-order valence-corrected chi connectivity index (χ2v) is 5.62. The molecule has 1 aromatic carbocycles. The van der Waals surface area contributed by atoms with E-state index in [0.717, 1.165) is 17.3 Å². The van der Waals surface area contributed by atoms with Gasteiger partial charge in [0.2, 0.25) is 0 Å². The number of nitriles is 1. The number of benzene rings is 1. The molecule has 0 aromatic heterocycles. The molecule has 0 amide bonds. The van der Waals surface area contributed by atoms with E-state index < -0.39 is 12.2 Å². The Morgan fingerprint density at radius 2 is 2.16 bits per heavy atom. The third-order valence-electron chi connectivity index (χ3n) is 2.73. The molecule has 0 saturated heterocycles. The van der Waals surface area contributed by atoms with Gasteiger partial charge in [0.1, 0.15) is 6.10 Å². The SMILES string of the molecule is CC(=O)SCCC(O)C(O)c1cc(C)ccc1C#N. The molecule has 0 aliphatic carbocycles. The maximum Gasteiger partial charge on any atom is 0.185 e. The van der Waals surface area contributed by atoms with Crippen molar-refractivity contribution in [3.05, 3.63) is 34.9 Å². The molecule has 0 fully saturated rings. The van der Waals surface area contributed by atoms with E-state index in [1.807, 2.05) is 13.0 Å². The van der Waals surface area contributed by atoms with Crippen LogP contribution in [0.25, 0.3) is 0 Å². The zero-order valence-corrected chi connectivity index (χ0v) is 11.8. The first-order valence-electron chi connectivity index (χ1n) is 5.96. The van der Waals surface area contributed by atoms with Crippen molar-refractivity contribution in [2.75, 3.05) is 5.75 Å². The quantitative estimate of drug-likeness (QED) is 0.860. The van der Waals surface area contributed by atoms with Crippen LogP contribution in [-0.2, 0) is 4.79 Å². The van der Waals surface area contributed by atoms with Crippen LogP contribution in [0.2, 0.25) is 0 Å². The number of hydrogen-bond acceptors (Lipinski definition) is 5. The zero-order valence-electron chi connectivity index (χ0n) is 11.0. The summed E-state index contributed by atoms with van der Waals surface area (Å²) in [5.74, 6) is 0.446. The summed E-state index contributed by atoms with van der Waals surface area (Å²) in [6.07, 6.45) is -1.80. The van der Waals surface area contributed by atoms with Crippen molar-refractivity contribution >= 4 is 16.9 Å². The van der Waals surface area contributed by atoms with Crippen LogP contribution in [0.3, 0.4) is 0 Å². The van der Waals surface area contributed by atoms with Gasteiger partial charge < -0.3 is 10.2 Å². The highest BCUT2D eigenvalue weighted by molar-refractivity contribution is 8.13. The minimum Gasteiger partial charge on any atom is -0.390 e. The maximum absolute atomic E-state index is 10.8. The van der Waals surface area contributed by atoms with Gasteiger partial charge in [-0.05, 0) is 19.4 Å². The summed E-state index contributed by atoms with van der Waals surface area (Å²) in [5.41, 5.74) is 1.71. The van der Waals surface area contributed by atoms with E-state index in [1.165, 1.54) is 6.92 Å². The molecule has 0 aliphatic rings. The molecule has 0 spiro atoms. The summed E-state index contributed by atoms with van der Waals surface area (Å²) in [7, 11) is 0. The van der Waals surface area contributed by atoms with Gasteiger partial charge in [0, 0.05) is 18.2 Å². The number of aryl methyl sites for hydroxylation is 1. The Kier molecular flexibility index (Phi) is 6.03. The van der Waals surface area contributed by atoms with Crippen molar-refractivity contribution < 1.29 is 15.0 Å². The highest BCUT2D eigenvalue weighted by Crippen LogP contribution is 2.24. The highest BCUT2D eigenvalue weighted by atomic mass is 32.2. The number of thioether (sulfide) groups is 1.